The molecule has 1 amide bonds. The Morgan fingerprint density at radius 1 is 1.29 bits per heavy atom. The molecule has 24 heavy (non-hydrogen) atoms. The molecule has 0 radical (unpaired) electrons. The molecular weight excluding hydrogens is 304 g/mol. The van der Waals surface area contributed by atoms with Crippen LogP contribution in [-0.2, 0) is 4.79 Å². The lowest BCUT2D eigenvalue weighted by Crippen LogP contribution is -2.43. The summed E-state index contributed by atoms with van der Waals surface area (Å²) in [5.74, 6) is 1.12. The van der Waals surface area contributed by atoms with Gasteiger partial charge in [0.1, 0.15) is 18.5 Å². The van der Waals surface area contributed by atoms with E-state index in [0.717, 1.165) is 42.8 Å². The van der Waals surface area contributed by atoms with Crippen molar-refractivity contribution in [3.8, 4) is 5.75 Å². The van der Waals surface area contributed by atoms with Crippen LogP contribution in [-0.4, -0.2) is 55.3 Å². The zero-order valence-electron chi connectivity index (χ0n) is 15.3. The summed E-state index contributed by atoms with van der Waals surface area (Å²) in [5.41, 5.74) is 3.42. The van der Waals surface area contributed by atoms with Gasteiger partial charge in [-0.3, -0.25) is 4.79 Å². The highest BCUT2D eigenvalue weighted by Crippen LogP contribution is 2.26. The fraction of sp³-hybridized carbons (Fsp3) is 0.632. The fourth-order valence-electron chi connectivity index (χ4n) is 3.26. The second-order valence-corrected chi connectivity index (χ2v) is 6.81. The molecule has 1 heterocycles. The molecule has 0 saturated carbocycles. The Morgan fingerprint density at radius 3 is 2.54 bits per heavy atom. The van der Waals surface area contributed by atoms with Crippen LogP contribution in [0.3, 0.4) is 0 Å². The van der Waals surface area contributed by atoms with E-state index in [2.05, 4.69) is 23.2 Å². The molecule has 1 atom stereocenters. The molecule has 5 heteroatoms. The molecule has 0 aliphatic carbocycles. The number of carbonyl (C=O) groups is 1. The third-order valence-corrected chi connectivity index (χ3v) is 4.97. The first-order valence-electron chi connectivity index (χ1n) is 8.74. The highest BCUT2D eigenvalue weighted by atomic mass is 16.5. The molecule has 0 spiro atoms. The van der Waals surface area contributed by atoms with Crippen molar-refractivity contribution in [3.05, 3.63) is 28.8 Å². The van der Waals surface area contributed by atoms with Crippen molar-refractivity contribution < 1.29 is 14.6 Å². The van der Waals surface area contributed by atoms with Gasteiger partial charge in [-0.25, -0.2) is 0 Å². The van der Waals surface area contributed by atoms with Crippen LogP contribution in [0.1, 0.15) is 29.5 Å². The van der Waals surface area contributed by atoms with E-state index >= 15 is 0 Å². The number of hydrogen-bond acceptors (Lipinski definition) is 4. The van der Waals surface area contributed by atoms with Crippen LogP contribution < -0.4 is 10.1 Å². The molecule has 0 bridgehead atoms. The third kappa shape index (κ3) is 4.71. The highest BCUT2D eigenvalue weighted by molar-refractivity contribution is 5.78. The minimum atomic E-state index is -0.527. The molecule has 2 N–H and O–H groups in total. The summed E-state index contributed by atoms with van der Waals surface area (Å²) < 4.78 is 5.89. The van der Waals surface area contributed by atoms with Gasteiger partial charge in [0, 0.05) is 19.5 Å². The van der Waals surface area contributed by atoms with Crippen molar-refractivity contribution in [1.29, 1.82) is 0 Å². The molecule has 1 aromatic carbocycles. The molecule has 5 nitrogen and oxygen atoms in total. The van der Waals surface area contributed by atoms with Gasteiger partial charge < -0.3 is 20.1 Å². The zero-order valence-corrected chi connectivity index (χ0v) is 15.3. The highest BCUT2D eigenvalue weighted by Gasteiger charge is 2.25. The normalized spacial score (nSPS) is 17.5. The Kier molecular flexibility index (Phi) is 6.63. The van der Waals surface area contributed by atoms with Crippen molar-refractivity contribution in [2.45, 2.75) is 39.7 Å². The summed E-state index contributed by atoms with van der Waals surface area (Å²) in [7, 11) is 1.69. The number of hydrogen-bond donors (Lipinski definition) is 2. The number of ether oxygens (including phenoxy) is 1. The lowest BCUT2D eigenvalue weighted by molar-refractivity contribution is -0.126. The zero-order chi connectivity index (χ0) is 17.7. The van der Waals surface area contributed by atoms with Crippen molar-refractivity contribution in [3.63, 3.8) is 0 Å². The van der Waals surface area contributed by atoms with Gasteiger partial charge in [-0.1, -0.05) is 12.1 Å². The van der Waals surface area contributed by atoms with Crippen LogP contribution in [0, 0.1) is 26.7 Å². The average Bonchev–Trinajstić information content (AvgIpc) is 2.58. The van der Waals surface area contributed by atoms with E-state index in [1.165, 1.54) is 5.56 Å². The van der Waals surface area contributed by atoms with E-state index in [1.807, 2.05) is 19.9 Å². The smallest absolute Gasteiger partial charge is 0.222 e. The molecule has 1 saturated heterocycles. The Labute approximate surface area is 145 Å². The first-order chi connectivity index (χ1) is 11.4. The van der Waals surface area contributed by atoms with Gasteiger partial charge in [0.25, 0.3) is 0 Å². The van der Waals surface area contributed by atoms with Gasteiger partial charge in [-0.05, 0) is 63.4 Å². The van der Waals surface area contributed by atoms with Crippen LogP contribution in [0.15, 0.2) is 12.1 Å². The van der Waals surface area contributed by atoms with Crippen LogP contribution in [0.5, 0.6) is 5.75 Å². The lowest BCUT2D eigenvalue weighted by atomic mass is 9.96. The predicted molar refractivity (Wildman–Crippen MR) is 95.4 cm³/mol. The van der Waals surface area contributed by atoms with Gasteiger partial charge in [-0.15, -0.1) is 0 Å². The summed E-state index contributed by atoms with van der Waals surface area (Å²) in [6, 6.07) is 4.14. The van der Waals surface area contributed by atoms with Crippen molar-refractivity contribution >= 4 is 5.91 Å². The van der Waals surface area contributed by atoms with E-state index in [0.29, 0.717) is 13.2 Å². The molecule has 2 rings (SSSR count). The number of rotatable bonds is 6. The Bertz CT molecular complexity index is 566. The quantitative estimate of drug-likeness (QED) is 0.833. The summed E-state index contributed by atoms with van der Waals surface area (Å²) in [5, 5.41) is 13.0. The maximum absolute atomic E-state index is 11.6. The van der Waals surface area contributed by atoms with E-state index in [-0.39, 0.29) is 11.8 Å². The number of carbonyl (C=O) groups excluding carboxylic acids is 1. The molecule has 1 aliphatic rings. The monoisotopic (exact) mass is 334 g/mol. The van der Waals surface area contributed by atoms with E-state index in [1.54, 1.807) is 7.05 Å². The number of β-amino-alcohol motifs (C(OH)–C–C–N with tert-alkyl or cyclic N) is 1. The SMILES string of the molecule is CNC(=O)C1CCN(CC(O)COc2c(C)ccc(C)c2C)CC1. The largest absolute Gasteiger partial charge is 0.490 e. The Hall–Kier alpha value is -1.59. The minimum absolute atomic E-state index is 0.109. The average molecular weight is 334 g/mol. The van der Waals surface area contributed by atoms with E-state index in [4.69, 9.17) is 4.74 Å². The molecular formula is C19H30N2O3. The topological polar surface area (TPSA) is 61.8 Å². The number of piperidine rings is 1. The number of aliphatic hydroxyl groups is 1. The minimum Gasteiger partial charge on any atom is -0.490 e. The summed E-state index contributed by atoms with van der Waals surface area (Å²) >= 11 is 0. The van der Waals surface area contributed by atoms with Crippen LogP contribution >= 0.6 is 0 Å². The van der Waals surface area contributed by atoms with Crippen molar-refractivity contribution in [2.75, 3.05) is 33.3 Å². The number of likely N-dealkylation sites (tertiary alicyclic amines) is 1. The molecule has 1 aliphatic heterocycles. The first kappa shape index (κ1) is 18.7. The maximum Gasteiger partial charge on any atom is 0.222 e. The van der Waals surface area contributed by atoms with Crippen LogP contribution in [0.2, 0.25) is 0 Å². The van der Waals surface area contributed by atoms with Crippen molar-refractivity contribution in [2.24, 2.45) is 5.92 Å². The molecule has 1 aromatic rings. The first-order valence-corrected chi connectivity index (χ1v) is 8.74. The number of nitrogens with zero attached hydrogens (tertiary/aromatic N) is 1. The summed E-state index contributed by atoms with van der Waals surface area (Å²) in [6.07, 6.45) is 1.17. The summed E-state index contributed by atoms with van der Waals surface area (Å²) in [6.45, 7) is 8.71. The molecule has 0 aromatic heterocycles. The standard InChI is InChI=1S/C19H30N2O3/c1-13-5-6-14(2)18(15(13)3)24-12-17(22)11-21-9-7-16(8-10-21)19(23)20-4/h5-6,16-17,22H,7-12H2,1-4H3,(H,20,23). The van der Waals surface area contributed by atoms with Gasteiger partial charge >= 0.3 is 0 Å². The second kappa shape index (κ2) is 8.49. The lowest BCUT2D eigenvalue weighted by Gasteiger charge is -2.32. The Morgan fingerprint density at radius 2 is 1.92 bits per heavy atom. The number of benzene rings is 1. The van der Waals surface area contributed by atoms with Gasteiger partial charge in [0.2, 0.25) is 5.91 Å². The number of aliphatic hydroxyl groups excluding tert-OH is 1. The number of aryl methyl sites for hydroxylation is 2. The maximum atomic E-state index is 11.6. The number of amides is 1. The van der Waals surface area contributed by atoms with E-state index in [9.17, 15) is 9.90 Å². The summed E-state index contributed by atoms with van der Waals surface area (Å²) in [4.78, 5) is 13.9. The van der Waals surface area contributed by atoms with Gasteiger partial charge in [-0.2, -0.15) is 0 Å². The van der Waals surface area contributed by atoms with Crippen LogP contribution in [0.25, 0.3) is 0 Å². The number of nitrogens with one attached hydrogen (secondary N) is 1. The van der Waals surface area contributed by atoms with Gasteiger partial charge in [0.05, 0.1) is 0 Å². The Balaban J connectivity index is 1.80. The van der Waals surface area contributed by atoms with E-state index < -0.39 is 6.10 Å². The van der Waals surface area contributed by atoms with Crippen LogP contribution in [0.4, 0.5) is 0 Å². The molecule has 1 unspecified atom stereocenters. The molecule has 134 valence electrons. The van der Waals surface area contributed by atoms with Crippen molar-refractivity contribution in [1.82, 2.24) is 10.2 Å². The second-order valence-electron chi connectivity index (χ2n) is 6.81. The third-order valence-electron chi connectivity index (χ3n) is 4.97. The van der Waals surface area contributed by atoms with Gasteiger partial charge in [0.15, 0.2) is 0 Å². The predicted octanol–water partition coefficient (Wildman–Crippen LogP) is 1.81. The fourth-order valence-corrected chi connectivity index (χ4v) is 3.26. The molecule has 1 fully saturated rings.